The minimum Gasteiger partial charge on any atom is -0.479 e. The van der Waals surface area contributed by atoms with Gasteiger partial charge < -0.3 is 15.6 Å². The molecule has 2 rings (SSSR count). The van der Waals surface area contributed by atoms with Crippen molar-refractivity contribution >= 4 is 11.9 Å². The largest absolute Gasteiger partial charge is 0.479 e. The fourth-order valence-corrected chi connectivity index (χ4v) is 3.10. The van der Waals surface area contributed by atoms with E-state index in [1.165, 1.54) is 12.8 Å². The molecule has 0 bridgehead atoms. The van der Waals surface area contributed by atoms with Gasteiger partial charge in [0.25, 0.3) is 0 Å². The van der Waals surface area contributed by atoms with Crippen molar-refractivity contribution in [3.8, 4) is 0 Å². The van der Waals surface area contributed by atoms with Crippen LogP contribution in [-0.2, 0) is 14.3 Å². The minimum absolute atomic E-state index is 0.0962. The lowest BCUT2D eigenvalue weighted by molar-refractivity contribution is -0.150. The summed E-state index contributed by atoms with van der Waals surface area (Å²) in [7, 11) is 0. The smallest absolute Gasteiger partial charge is 0.332 e. The molecule has 0 radical (unpaired) electrons. The minimum atomic E-state index is -0.898. The number of carboxylic acid groups (broad SMARTS) is 1. The average Bonchev–Trinajstić information content (AvgIpc) is 2.98. The van der Waals surface area contributed by atoms with E-state index in [1.54, 1.807) is 0 Å². The number of hydrogen-bond donors (Lipinski definition) is 2. The van der Waals surface area contributed by atoms with Crippen molar-refractivity contribution in [1.82, 2.24) is 4.90 Å². The van der Waals surface area contributed by atoms with Crippen LogP contribution in [-0.4, -0.2) is 53.2 Å². The van der Waals surface area contributed by atoms with Crippen LogP contribution < -0.4 is 5.73 Å². The van der Waals surface area contributed by atoms with Crippen LogP contribution in [0.5, 0.6) is 0 Å². The maximum Gasteiger partial charge on any atom is 0.332 e. The lowest BCUT2D eigenvalue weighted by Gasteiger charge is -2.29. The summed E-state index contributed by atoms with van der Waals surface area (Å²) in [5.74, 6) is -1.23. The van der Waals surface area contributed by atoms with Gasteiger partial charge in [0.1, 0.15) is 0 Å². The molecule has 1 heterocycles. The van der Waals surface area contributed by atoms with Gasteiger partial charge in [0.2, 0.25) is 5.91 Å². The molecule has 2 aliphatic rings. The fraction of sp³-hybridized carbons (Fsp3) is 0.846. The van der Waals surface area contributed by atoms with Crippen molar-refractivity contribution in [2.75, 3.05) is 13.1 Å². The molecule has 2 atom stereocenters. The highest BCUT2D eigenvalue weighted by molar-refractivity contribution is 5.76. The Kier molecular flexibility index (Phi) is 4.76. The van der Waals surface area contributed by atoms with Crippen molar-refractivity contribution in [2.24, 2.45) is 5.73 Å². The number of rotatable bonds is 6. The second-order valence-corrected chi connectivity index (χ2v) is 5.50. The van der Waals surface area contributed by atoms with Crippen molar-refractivity contribution in [3.05, 3.63) is 0 Å². The summed E-state index contributed by atoms with van der Waals surface area (Å²) in [6.45, 7) is 0.847. The molecule has 3 N–H and O–H groups in total. The number of primary amides is 1. The molecule has 108 valence electrons. The lowest BCUT2D eigenvalue weighted by Crippen LogP contribution is -2.44. The van der Waals surface area contributed by atoms with E-state index in [-0.39, 0.29) is 18.6 Å². The Morgan fingerprint density at radius 3 is 2.42 bits per heavy atom. The first-order chi connectivity index (χ1) is 9.06. The predicted octanol–water partition coefficient (Wildman–Crippen LogP) is 0.349. The van der Waals surface area contributed by atoms with E-state index in [1.807, 2.05) is 0 Å². The monoisotopic (exact) mass is 270 g/mol. The Bertz CT molecular complexity index is 342. The molecule has 1 aliphatic carbocycles. The molecule has 6 heteroatoms. The topological polar surface area (TPSA) is 92.9 Å². The lowest BCUT2D eigenvalue weighted by atomic mass is 10.1. The van der Waals surface area contributed by atoms with Gasteiger partial charge in [-0.1, -0.05) is 12.8 Å². The fourth-order valence-electron chi connectivity index (χ4n) is 3.10. The zero-order chi connectivity index (χ0) is 13.8. The Hall–Kier alpha value is -1.14. The van der Waals surface area contributed by atoms with Gasteiger partial charge in [-0.05, 0) is 25.7 Å². The summed E-state index contributed by atoms with van der Waals surface area (Å²) in [6.07, 6.45) is 5.04. The highest BCUT2D eigenvalue weighted by atomic mass is 16.5. The number of hydrogen-bond acceptors (Lipinski definition) is 4. The van der Waals surface area contributed by atoms with Crippen molar-refractivity contribution in [3.63, 3.8) is 0 Å². The summed E-state index contributed by atoms with van der Waals surface area (Å²) in [5, 5.41) is 8.91. The van der Waals surface area contributed by atoms with Gasteiger partial charge in [-0.2, -0.15) is 0 Å². The van der Waals surface area contributed by atoms with Crippen LogP contribution in [0.1, 0.15) is 38.5 Å². The molecule has 0 aromatic heterocycles. The van der Waals surface area contributed by atoms with Crippen LogP contribution in [0.25, 0.3) is 0 Å². The van der Waals surface area contributed by atoms with Crippen LogP contribution >= 0.6 is 0 Å². The van der Waals surface area contributed by atoms with E-state index in [2.05, 4.69) is 4.90 Å². The van der Waals surface area contributed by atoms with E-state index < -0.39 is 12.1 Å². The summed E-state index contributed by atoms with van der Waals surface area (Å²) < 4.78 is 5.50. The number of ether oxygens (including phenoxy) is 1. The molecular formula is C13H22N2O4. The third-order valence-electron chi connectivity index (χ3n) is 4.02. The van der Waals surface area contributed by atoms with Gasteiger partial charge >= 0.3 is 5.97 Å². The van der Waals surface area contributed by atoms with Crippen LogP contribution in [0.15, 0.2) is 0 Å². The second-order valence-electron chi connectivity index (χ2n) is 5.50. The van der Waals surface area contributed by atoms with Crippen LogP contribution in [0.3, 0.4) is 0 Å². The third-order valence-corrected chi connectivity index (χ3v) is 4.02. The summed E-state index contributed by atoms with van der Waals surface area (Å²) in [6, 6.07) is 0.389. The molecule has 6 nitrogen and oxygen atoms in total. The van der Waals surface area contributed by atoms with Gasteiger partial charge in [-0.3, -0.25) is 9.69 Å². The van der Waals surface area contributed by atoms with E-state index in [9.17, 15) is 9.59 Å². The van der Waals surface area contributed by atoms with E-state index >= 15 is 0 Å². The first-order valence-electron chi connectivity index (χ1n) is 6.97. The molecular weight excluding hydrogens is 248 g/mol. The molecule has 0 aromatic carbocycles. The van der Waals surface area contributed by atoms with E-state index in [0.717, 1.165) is 19.3 Å². The molecule has 0 spiro atoms. The summed E-state index contributed by atoms with van der Waals surface area (Å²) in [5.41, 5.74) is 5.30. The molecule has 2 unspecified atom stereocenters. The van der Waals surface area contributed by atoms with Crippen molar-refractivity contribution in [2.45, 2.75) is 56.8 Å². The van der Waals surface area contributed by atoms with Gasteiger partial charge in [-0.15, -0.1) is 0 Å². The predicted molar refractivity (Wildman–Crippen MR) is 68.6 cm³/mol. The highest BCUT2D eigenvalue weighted by Gasteiger charge is 2.33. The van der Waals surface area contributed by atoms with Crippen LogP contribution in [0.4, 0.5) is 0 Å². The zero-order valence-corrected chi connectivity index (χ0v) is 11.1. The standard InChI is InChI=1S/C13H22N2O4/c14-12(16)8-15(9-3-1-2-4-9)7-10-5-6-11(19-10)13(17)18/h9-11H,1-8H2,(H2,14,16)(H,17,18). The molecule has 2 fully saturated rings. The maximum atomic E-state index is 11.2. The molecule has 1 amide bonds. The van der Waals surface area contributed by atoms with Crippen LogP contribution in [0, 0.1) is 0 Å². The first kappa shape index (κ1) is 14.3. The highest BCUT2D eigenvalue weighted by Crippen LogP contribution is 2.26. The normalized spacial score (nSPS) is 28.1. The van der Waals surface area contributed by atoms with Gasteiger partial charge in [0.15, 0.2) is 6.10 Å². The zero-order valence-electron chi connectivity index (χ0n) is 11.1. The number of nitrogens with zero attached hydrogens (tertiary/aromatic N) is 1. The number of nitrogens with two attached hydrogens (primary N) is 1. The Morgan fingerprint density at radius 2 is 1.89 bits per heavy atom. The number of amides is 1. The van der Waals surface area contributed by atoms with E-state index in [4.69, 9.17) is 15.6 Å². The van der Waals surface area contributed by atoms with Crippen molar-refractivity contribution in [1.29, 1.82) is 0 Å². The Morgan fingerprint density at radius 1 is 1.21 bits per heavy atom. The second kappa shape index (κ2) is 6.34. The molecule has 1 saturated carbocycles. The average molecular weight is 270 g/mol. The number of carbonyl (C=O) groups is 2. The van der Waals surface area contributed by atoms with E-state index in [0.29, 0.717) is 19.0 Å². The van der Waals surface area contributed by atoms with Crippen molar-refractivity contribution < 1.29 is 19.4 Å². The molecule has 1 aliphatic heterocycles. The van der Waals surface area contributed by atoms with Gasteiger partial charge in [0.05, 0.1) is 12.6 Å². The van der Waals surface area contributed by atoms with Gasteiger partial charge in [0, 0.05) is 12.6 Å². The quantitative estimate of drug-likeness (QED) is 0.726. The first-order valence-corrected chi connectivity index (χ1v) is 6.97. The number of carbonyl (C=O) groups excluding carboxylic acids is 1. The molecule has 19 heavy (non-hydrogen) atoms. The SMILES string of the molecule is NC(=O)CN(CC1CCC(C(=O)O)O1)C1CCCC1. The Balaban J connectivity index is 1.89. The van der Waals surface area contributed by atoms with Gasteiger partial charge in [-0.25, -0.2) is 4.79 Å². The number of aliphatic carboxylic acids is 1. The molecule has 1 saturated heterocycles. The Labute approximate surface area is 112 Å². The summed E-state index contributed by atoms with van der Waals surface area (Å²) >= 11 is 0. The maximum absolute atomic E-state index is 11.2. The molecule has 0 aromatic rings. The van der Waals surface area contributed by atoms with Crippen LogP contribution in [0.2, 0.25) is 0 Å². The summed E-state index contributed by atoms with van der Waals surface area (Å²) in [4.78, 5) is 24.1. The number of carboxylic acids is 1. The third kappa shape index (κ3) is 3.91.